The van der Waals surface area contributed by atoms with Crippen molar-refractivity contribution in [2.45, 2.75) is 19.6 Å². The number of likely N-dealkylation sites (N-methyl/N-ethyl adjacent to an activating group) is 1. The highest BCUT2D eigenvalue weighted by Crippen LogP contribution is 2.28. The summed E-state index contributed by atoms with van der Waals surface area (Å²) in [5, 5.41) is 12.7. The minimum Gasteiger partial charge on any atom is -0.390 e. The molecule has 1 aromatic heterocycles. The maximum atomic E-state index is 11.7. The van der Waals surface area contributed by atoms with Gasteiger partial charge in [0.2, 0.25) is 10.0 Å². The van der Waals surface area contributed by atoms with Crippen LogP contribution in [0.15, 0.2) is 48.5 Å². The zero-order valence-corrected chi connectivity index (χ0v) is 14.7. The first kappa shape index (κ1) is 17.0. The van der Waals surface area contributed by atoms with Crippen LogP contribution in [0.5, 0.6) is 0 Å². The predicted octanol–water partition coefficient (Wildman–Crippen LogP) is 2.44. The van der Waals surface area contributed by atoms with Gasteiger partial charge in [-0.2, -0.15) is 4.31 Å². The van der Waals surface area contributed by atoms with Gasteiger partial charge in [-0.1, -0.05) is 43.3 Å². The molecule has 2 aromatic carbocycles. The van der Waals surface area contributed by atoms with Gasteiger partial charge in [0.05, 0.1) is 18.9 Å². The van der Waals surface area contributed by atoms with Crippen molar-refractivity contribution in [2.75, 3.05) is 19.3 Å². The second-order valence-corrected chi connectivity index (χ2v) is 7.99. The summed E-state index contributed by atoms with van der Waals surface area (Å²) in [6, 6.07) is 16.1. The first-order valence-electron chi connectivity index (χ1n) is 8.01. The van der Waals surface area contributed by atoms with E-state index in [4.69, 9.17) is 0 Å². The van der Waals surface area contributed by atoms with E-state index in [9.17, 15) is 13.5 Å². The van der Waals surface area contributed by atoms with Crippen molar-refractivity contribution in [2.24, 2.45) is 0 Å². The van der Waals surface area contributed by atoms with Gasteiger partial charge in [0.25, 0.3) is 0 Å². The number of nitrogens with zero attached hydrogens (tertiary/aromatic N) is 2. The first-order valence-corrected chi connectivity index (χ1v) is 9.85. The molecule has 1 atom stereocenters. The molecule has 0 bridgehead atoms. The van der Waals surface area contributed by atoms with Crippen LogP contribution in [0.2, 0.25) is 0 Å². The quantitative estimate of drug-likeness (QED) is 0.746. The second kappa shape index (κ2) is 6.55. The number of aliphatic hydroxyl groups is 1. The third kappa shape index (κ3) is 3.17. The van der Waals surface area contributed by atoms with Gasteiger partial charge in [0.1, 0.15) is 0 Å². The van der Waals surface area contributed by atoms with Crippen LogP contribution in [-0.2, 0) is 16.6 Å². The molecule has 24 heavy (non-hydrogen) atoms. The molecule has 0 aliphatic heterocycles. The molecule has 0 spiro atoms. The van der Waals surface area contributed by atoms with Gasteiger partial charge in [-0.15, -0.1) is 0 Å². The Hall–Kier alpha value is -1.89. The van der Waals surface area contributed by atoms with E-state index in [1.54, 1.807) is 6.92 Å². The third-order valence-corrected chi connectivity index (χ3v) is 5.65. The molecule has 0 aliphatic carbocycles. The molecular formula is C18H22N2O3S. The number of fused-ring (bicyclic) bond motifs is 3. The Bertz CT molecular complexity index is 909. The van der Waals surface area contributed by atoms with Crippen molar-refractivity contribution in [1.29, 1.82) is 0 Å². The second-order valence-electron chi connectivity index (χ2n) is 6.01. The maximum absolute atomic E-state index is 11.7. The van der Waals surface area contributed by atoms with E-state index < -0.39 is 16.1 Å². The lowest BCUT2D eigenvalue weighted by Crippen LogP contribution is -2.38. The highest BCUT2D eigenvalue weighted by Gasteiger charge is 2.20. The summed E-state index contributed by atoms with van der Waals surface area (Å²) in [6.45, 7) is 2.56. The molecule has 3 rings (SSSR count). The van der Waals surface area contributed by atoms with Crippen LogP contribution in [0, 0.1) is 0 Å². The average molecular weight is 346 g/mol. The minimum atomic E-state index is -3.31. The van der Waals surface area contributed by atoms with E-state index in [2.05, 4.69) is 16.7 Å². The van der Waals surface area contributed by atoms with Crippen molar-refractivity contribution in [3.63, 3.8) is 0 Å². The highest BCUT2D eigenvalue weighted by molar-refractivity contribution is 7.88. The number of para-hydroxylation sites is 2. The topological polar surface area (TPSA) is 62.5 Å². The molecule has 3 aromatic rings. The smallest absolute Gasteiger partial charge is 0.211 e. The summed E-state index contributed by atoms with van der Waals surface area (Å²) in [5.74, 6) is 0. The SMILES string of the molecule is CCN(CC(O)Cn1c2ccccc2c2ccccc21)S(C)(=O)=O. The van der Waals surface area contributed by atoms with Crippen LogP contribution in [-0.4, -0.2) is 47.8 Å². The summed E-state index contributed by atoms with van der Waals surface area (Å²) in [6.07, 6.45) is 0.392. The number of sulfonamides is 1. The lowest BCUT2D eigenvalue weighted by Gasteiger charge is -2.22. The van der Waals surface area contributed by atoms with Gasteiger partial charge in [-0.25, -0.2) is 8.42 Å². The summed E-state index contributed by atoms with van der Waals surface area (Å²) in [5.41, 5.74) is 2.08. The number of aliphatic hydroxyl groups excluding tert-OH is 1. The van der Waals surface area contributed by atoms with Crippen LogP contribution < -0.4 is 0 Å². The Morgan fingerprint density at radius 3 is 2.00 bits per heavy atom. The lowest BCUT2D eigenvalue weighted by molar-refractivity contribution is 0.132. The largest absolute Gasteiger partial charge is 0.390 e. The molecule has 0 saturated carbocycles. The summed E-state index contributed by atoms with van der Waals surface area (Å²) >= 11 is 0. The molecule has 0 aliphatic rings. The fraction of sp³-hybridized carbons (Fsp3) is 0.333. The number of aromatic nitrogens is 1. The van der Waals surface area contributed by atoms with Gasteiger partial charge >= 0.3 is 0 Å². The van der Waals surface area contributed by atoms with Crippen molar-refractivity contribution in [3.8, 4) is 0 Å². The van der Waals surface area contributed by atoms with Crippen LogP contribution in [0.1, 0.15) is 6.92 Å². The van der Waals surface area contributed by atoms with E-state index >= 15 is 0 Å². The molecule has 5 nitrogen and oxygen atoms in total. The molecular weight excluding hydrogens is 324 g/mol. The van der Waals surface area contributed by atoms with Crippen LogP contribution >= 0.6 is 0 Å². The van der Waals surface area contributed by atoms with Crippen molar-refractivity contribution >= 4 is 31.8 Å². The number of hydrogen-bond acceptors (Lipinski definition) is 3. The van der Waals surface area contributed by atoms with E-state index in [0.717, 1.165) is 21.8 Å². The fourth-order valence-corrected chi connectivity index (χ4v) is 4.11. The highest BCUT2D eigenvalue weighted by atomic mass is 32.2. The van der Waals surface area contributed by atoms with Gasteiger partial charge in [-0.05, 0) is 12.1 Å². The molecule has 0 amide bonds. The number of benzene rings is 2. The lowest BCUT2D eigenvalue weighted by atomic mass is 10.2. The molecule has 0 fully saturated rings. The Labute approximate surface area is 142 Å². The maximum Gasteiger partial charge on any atom is 0.211 e. The molecule has 1 unspecified atom stereocenters. The fourth-order valence-electron chi connectivity index (χ4n) is 3.20. The third-order valence-electron chi connectivity index (χ3n) is 4.31. The standard InChI is InChI=1S/C18H22N2O3S/c1-3-19(24(2,22)23)12-14(21)13-20-17-10-6-4-8-15(17)16-9-5-7-11-18(16)20/h4-11,14,21H,3,12-13H2,1-2H3. The Morgan fingerprint density at radius 1 is 1.04 bits per heavy atom. The zero-order valence-electron chi connectivity index (χ0n) is 13.9. The zero-order chi connectivity index (χ0) is 17.3. The Morgan fingerprint density at radius 2 is 1.54 bits per heavy atom. The van der Waals surface area contributed by atoms with E-state index in [1.165, 1.54) is 10.6 Å². The van der Waals surface area contributed by atoms with Crippen molar-refractivity contribution < 1.29 is 13.5 Å². The van der Waals surface area contributed by atoms with E-state index in [1.807, 2.05) is 36.4 Å². The predicted molar refractivity (Wildman–Crippen MR) is 97.5 cm³/mol. The van der Waals surface area contributed by atoms with Gasteiger partial charge in [0.15, 0.2) is 0 Å². The molecule has 1 heterocycles. The molecule has 0 radical (unpaired) electrons. The normalized spacial score (nSPS) is 13.8. The molecule has 1 N–H and O–H groups in total. The summed E-state index contributed by atoms with van der Waals surface area (Å²) < 4.78 is 26.8. The number of rotatable bonds is 6. The van der Waals surface area contributed by atoms with Gasteiger partial charge < -0.3 is 9.67 Å². The van der Waals surface area contributed by atoms with Crippen LogP contribution in [0.25, 0.3) is 21.8 Å². The van der Waals surface area contributed by atoms with Crippen molar-refractivity contribution in [3.05, 3.63) is 48.5 Å². The summed E-state index contributed by atoms with van der Waals surface area (Å²) in [4.78, 5) is 0. The van der Waals surface area contributed by atoms with Gasteiger partial charge in [-0.3, -0.25) is 0 Å². The first-order chi connectivity index (χ1) is 11.4. The number of hydrogen-bond donors (Lipinski definition) is 1. The van der Waals surface area contributed by atoms with E-state index in [0.29, 0.717) is 13.1 Å². The monoisotopic (exact) mass is 346 g/mol. The molecule has 6 heteroatoms. The summed E-state index contributed by atoms with van der Waals surface area (Å²) in [7, 11) is -3.31. The average Bonchev–Trinajstić information content (AvgIpc) is 2.86. The van der Waals surface area contributed by atoms with Crippen LogP contribution in [0.4, 0.5) is 0 Å². The van der Waals surface area contributed by atoms with Crippen molar-refractivity contribution in [1.82, 2.24) is 8.87 Å². The molecule has 128 valence electrons. The van der Waals surface area contributed by atoms with Crippen LogP contribution in [0.3, 0.4) is 0 Å². The minimum absolute atomic E-state index is 0.0934. The Balaban J connectivity index is 1.97. The van der Waals surface area contributed by atoms with Gasteiger partial charge in [0, 0.05) is 34.9 Å². The molecule has 0 saturated heterocycles. The Kier molecular flexibility index (Phi) is 4.62. The van der Waals surface area contributed by atoms with E-state index in [-0.39, 0.29) is 6.54 Å².